The van der Waals surface area contributed by atoms with Crippen LogP contribution in [0, 0.1) is 5.92 Å². The molecule has 44 heavy (non-hydrogen) atoms. The van der Waals surface area contributed by atoms with Gasteiger partial charge in [0, 0.05) is 17.8 Å². The highest BCUT2D eigenvalue weighted by Gasteiger charge is 2.54. The van der Waals surface area contributed by atoms with Crippen LogP contribution < -0.4 is 9.47 Å². The summed E-state index contributed by atoms with van der Waals surface area (Å²) in [5.41, 5.74) is 8.83. The highest BCUT2D eigenvalue weighted by Crippen LogP contribution is 2.62. The Morgan fingerprint density at radius 1 is 0.636 bits per heavy atom. The first-order valence-electron chi connectivity index (χ1n) is 17.0. The molecule has 0 amide bonds. The summed E-state index contributed by atoms with van der Waals surface area (Å²) >= 11 is 0. The molecule has 0 aliphatic heterocycles. The van der Waals surface area contributed by atoms with E-state index in [0.717, 1.165) is 42.7 Å². The standard InChI is InChI=1S/C41H44O3/c1-2-3-4-5-6-15-27-43-35-25-14-13-24-34(35)39-37-30-20-9-11-22-32(30)38(33-23-12-10-21-31(33)37)40(39)41(42)44-36-26-16-18-28-17-7-8-19-29(28)36/h9-14,16,18,20-26,37-40H,2-8,15,17,19,27H2,1H3. The van der Waals surface area contributed by atoms with E-state index in [2.05, 4.69) is 85.8 Å². The van der Waals surface area contributed by atoms with Crippen molar-refractivity contribution < 1.29 is 14.3 Å². The lowest BCUT2D eigenvalue weighted by Gasteiger charge is -2.50. The van der Waals surface area contributed by atoms with Crippen molar-refractivity contribution in [1.29, 1.82) is 0 Å². The number of carbonyl (C=O) groups excluding carboxylic acids is 1. The van der Waals surface area contributed by atoms with Gasteiger partial charge in [0.1, 0.15) is 11.5 Å². The van der Waals surface area contributed by atoms with Gasteiger partial charge >= 0.3 is 5.97 Å². The van der Waals surface area contributed by atoms with E-state index in [4.69, 9.17) is 9.47 Å². The van der Waals surface area contributed by atoms with Gasteiger partial charge in [0.15, 0.2) is 0 Å². The second-order valence-electron chi connectivity index (χ2n) is 12.9. The number of benzene rings is 4. The van der Waals surface area contributed by atoms with Crippen LogP contribution in [0.4, 0.5) is 0 Å². The van der Waals surface area contributed by atoms with E-state index in [1.807, 2.05) is 12.1 Å². The topological polar surface area (TPSA) is 35.5 Å². The molecule has 4 aromatic rings. The fourth-order valence-electron chi connectivity index (χ4n) is 8.30. The molecule has 2 unspecified atom stereocenters. The number of hydrogen-bond acceptors (Lipinski definition) is 3. The van der Waals surface area contributed by atoms with Gasteiger partial charge in [0.05, 0.1) is 12.5 Å². The molecule has 2 atom stereocenters. The summed E-state index contributed by atoms with van der Waals surface area (Å²) in [6.45, 7) is 2.95. The maximum atomic E-state index is 14.7. The summed E-state index contributed by atoms with van der Waals surface area (Å²) < 4.78 is 13.0. The molecular weight excluding hydrogens is 540 g/mol. The lowest BCUT2D eigenvalue weighted by atomic mass is 9.52. The molecule has 3 heteroatoms. The molecule has 3 nitrogen and oxygen atoms in total. The van der Waals surface area contributed by atoms with Crippen molar-refractivity contribution in [3.8, 4) is 11.5 Å². The summed E-state index contributed by atoms with van der Waals surface area (Å²) in [5, 5.41) is 0. The second-order valence-corrected chi connectivity index (χ2v) is 12.9. The largest absolute Gasteiger partial charge is 0.493 e. The first-order valence-corrected chi connectivity index (χ1v) is 17.0. The molecule has 0 aromatic heterocycles. The minimum atomic E-state index is -0.358. The third-order valence-electron chi connectivity index (χ3n) is 10.3. The zero-order valence-corrected chi connectivity index (χ0v) is 26.0. The van der Waals surface area contributed by atoms with Crippen LogP contribution in [-0.2, 0) is 17.6 Å². The molecule has 4 aliphatic rings. The van der Waals surface area contributed by atoms with E-state index in [-0.39, 0.29) is 29.6 Å². The first kappa shape index (κ1) is 28.9. The maximum absolute atomic E-state index is 14.7. The van der Waals surface area contributed by atoms with Gasteiger partial charge in [0.25, 0.3) is 0 Å². The fourth-order valence-corrected chi connectivity index (χ4v) is 8.30. The number of hydrogen-bond donors (Lipinski definition) is 0. The average Bonchev–Trinajstić information content (AvgIpc) is 3.08. The molecule has 0 fully saturated rings. The van der Waals surface area contributed by atoms with Crippen LogP contribution in [0.15, 0.2) is 91.0 Å². The van der Waals surface area contributed by atoms with Gasteiger partial charge in [-0.05, 0) is 83.2 Å². The zero-order chi connectivity index (χ0) is 29.9. The van der Waals surface area contributed by atoms with Crippen LogP contribution >= 0.6 is 0 Å². The molecule has 0 N–H and O–H groups in total. The number of rotatable bonds is 11. The number of ether oxygens (including phenoxy) is 2. The van der Waals surface area contributed by atoms with E-state index in [1.54, 1.807) is 0 Å². The highest BCUT2D eigenvalue weighted by molar-refractivity contribution is 5.82. The second kappa shape index (κ2) is 13.0. The smallest absolute Gasteiger partial charge is 0.315 e. The zero-order valence-electron chi connectivity index (χ0n) is 26.0. The number of aryl methyl sites for hydroxylation is 1. The van der Waals surface area contributed by atoms with E-state index in [0.29, 0.717) is 6.61 Å². The van der Waals surface area contributed by atoms with Crippen LogP contribution in [0.2, 0.25) is 0 Å². The van der Waals surface area contributed by atoms with Gasteiger partial charge < -0.3 is 9.47 Å². The summed E-state index contributed by atoms with van der Waals surface area (Å²) in [4.78, 5) is 14.7. The monoisotopic (exact) mass is 584 g/mol. The van der Waals surface area contributed by atoms with Gasteiger partial charge in [-0.1, -0.05) is 118 Å². The fraction of sp³-hybridized carbons (Fsp3) is 0.390. The molecule has 226 valence electrons. The third-order valence-corrected chi connectivity index (χ3v) is 10.3. The third kappa shape index (κ3) is 5.36. The van der Waals surface area contributed by atoms with Crippen molar-refractivity contribution in [2.75, 3.05) is 6.61 Å². The van der Waals surface area contributed by atoms with Gasteiger partial charge in [-0.2, -0.15) is 0 Å². The van der Waals surface area contributed by atoms with Crippen LogP contribution in [0.3, 0.4) is 0 Å². The summed E-state index contributed by atoms with van der Waals surface area (Å²) in [5.74, 6) is 1.06. The predicted octanol–water partition coefficient (Wildman–Crippen LogP) is 9.90. The van der Waals surface area contributed by atoms with Crippen molar-refractivity contribution in [1.82, 2.24) is 0 Å². The van der Waals surface area contributed by atoms with Gasteiger partial charge in [-0.25, -0.2) is 0 Å². The van der Waals surface area contributed by atoms with E-state index in [9.17, 15) is 4.79 Å². The number of esters is 1. The Bertz CT molecular complexity index is 1570. The molecule has 0 saturated heterocycles. The summed E-state index contributed by atoms with van der Waals surface area (Å²) in [6.07, 6.45) is 11.7. The summed E-state index contributed by atoms with van der Waals surface area (Å²) in [7, 11) is 0. The number of para-hydroxylation sites is 1. The summed E-state index contributed by atoms with van der Waals surface area (Å²) in [6, 6.07) is 32.2. The minimum absolute atomic E-state index is 0.0495. The van der Waals surface area contributed by atoms with Gasteiger partial charge in [-0.3, -0.25) is 4.79 Å². The molecule has 0 heterocycles. The van der Waals surface area contributed by atoms with Crippen LogP contribution in [-0.4, -0.2) is 12.6 Å². The molecule has 8 rings (SSSR count). The van der Waals surface area contributed by atoms with Crippen LogP contribution in [0.25, 0.3) is 0 Å². The van der Waals surface area contributed by atoms with Crippen molar-refractivity contribution in [2.24, 2.45) is 5.92 Å². The molecule has 0 radical (unpaired) electrons. The SMILES string of the molecule is CCCCCCCCOc1ccccc1C1C2c3ccccc3C(c3ccccc32)C1C(=O)Oc1cccc2c1CCCC2. The highest BCUT2D eigenvalue weighted by atomic mass is 16.5. The Morgan fingerprint density at radius 2 is 1.23 bits per heavy atom. The molecule has 4 aliphatic carbocycles. The number of fused-ring (bicyclic) bond motifs is 2. The van der Waals surface area contributed by atoms with Crippen molar-refractivity contribution in [3.05, 3.63) is 130 Å². The molecule has 2 bridgehead atoms. The van der Waals surface area contributed by atoms with Gasteiger partial charge in [-0.15, -0.1) is 0 Å². The Labute approximate surface area is 262 Å². The minimum Gasteiger partial charge on any atom is -0.493 e. The van der Waals surface area contributed by atoms with E-state index in [1.165, 1.54) is 71.9 Å². The maximum Gasteiger partial charge on any atom is 0.315 e. The van der Waals surface area contributed by atoms with Crippen LogP contribution in [0.5, 0.6) is 11.5 Å². The van der Waals surface area contributed by atoms with Crippen molar-refractivity contribution in [3.63, 3.8) is 0 Å². The molecule has 4 aromatic carbocycles. The Kier molecular flexibility index (Phi) is 8.55. The van der Waals surface area contributed by atoms with Crippen LogP contribution in [0.1, 0.15) is 115 Å². The lowest BCUT2D eigenvalue weighted by molar-refractivity contribution is -0.141. The number of unbranched alkanes of at least 4 members (excludes halogenated alkanes) is 5. The lowest BCUT2D eigenvalue weighted by Crippen LogP contribution is -2.44. The first-order chi connectivity index (χ1) is 21.8. The predicted molar refractivity (Wildman–Crippen MR) is 177 cm³/mol. The van der Waals surface area contributed by atoms with Gasteiger partial charge in [0.2, 0.25) is 0 Å². The Balaban J connectivity index is 1.27. The average molecular weight is 585 g/mol. The van der Waals surface area contributed by atoms with E-state index >= 15 is 0 Å². The Hall–Kier alpha value is -3.85. The Morgan fingerprint density at radius 3 is 1.95 bits per heavy atom. The molecule has 0 saturated carbocycles. The quantitative estimate of drug-likeness (QED) is 0.1000. The normalized spacial score (nSPS) is 21.2. The van der Waals surface area contributed by atoms with Crippen molar-refractivity contribution in [2.45, 2.75) is 88.9 Å². The number of carbonyl (C=O) groups is 1. The van der Waals surface area contributed by atoms with E-state index < -0.39 is 0 Å². The van der Waals surface area contributed by atoms with Crippen molar-refractivity contribution >= 4 is 5.97 Å². The molecular formula is C41H44O3. The molecule has 0 spiro atoms.